The van der Waals surface area contributed by atoms with Crippen LogP contribution in [0.4, 0.5) is 0 Å². The van der Waals surface area contributed by atoms with Crippen molar-refractivity contribution in [3.05, 3.63) is 39.8 Å². The fourth-order valence-corrected chi connectivity index (χ4v) is 4.84. The highest BCUT2D eigenvalue weighted by Gasteiger charge is 2.34. The maximum Gasteiger partial charge on any atom is 0.357 e. The Labute approximate surface area is 169 Å². The molecule has 27 heavy (non-hydrogen) atoms. The molecule has 0 aliphatic heterocycles. The fraction of sp³-hybridized carbons (Fsp3) is 0.500. The van der Waals surface area contributed by atoms with Gasteiger partial charge in [-0.3, -0.25) is 0 Å². The van der Waals surface area contributed by atoms with Gasteiger partial charge in [0, 0.05) is 35.1 Å². The van der Waals surface area contributed by atoms with Gasteiger partial charge in [-0.25, -0.2) is 4.98 Å². The minimum absolute atomic E-state index is 0.0453. The number of benzene rings is 1. The van der Waals surface area contributed by atoms with Crippen LogP contribution in [0.5, 0.6) is 5.75 Å². The summed E-state index contributed by atoms with van der Waals surface area (Å²) in [6, 6.07) is 4.30. The Balaban J connectivity index is 2.08. The van der Waals surface area contributed by atoms with E-state index >= 15 is 0 Å². The largest absolute Gasteiger partial charge is 0.396 e. The molecule has 0 unspecified atom stereocenters. The highest BCUT2D eigenvalue weighted by molar-refractivity contribution is 7.87. The fourth-order valence-electron chi connectivity index (χ4n) is 2.92. The van der Waals surface area contributed by atoms with E-state index in [9.17, 15) is 13.5 Å². The first-order valence-corrected chi connectivity index (χ1v) is 11.0. The number of aliphatic hydroxyl groups is 1. The molecule has 1 N–H and O–H groups in total. The second-order valence-corrected chi connectivity index (χ2v) is 9.38. The lowest BCUT2D eigenvalue weighted by Crippen LogP contribution is -2.19. The van der Waals surface area contributed by atoms with Gasteiger partial charge in [0.05, 0.1) is 12.3 Å². The third-order valence-electron chi connectivity index (χ3n) is 4.32. The van der Waals surface area contributed by atoms with Crippen LogP contribution in [-0.4, -0.2) is 29.7 Å². The smallest absolute Gasteiger partial charge is 0.357 e. The van der Waals surface area contributed by atoms with Crippen molar-refractivity contribution in [1.29, 1.82) is 0 Å². The zero-order valence-electron chi connectivity index (χ0n) is 15.2. The van der Waals surface area contributed by atoms with Crippen LogP contribution >= 0.6 is 23.2 Å². The van der Waals surface area contributed by atoms with Gasteiger partial charge in [-0.05, 0) is 30.7 Å². The summed E-state index contributed by atoms with van der Waals surface area (Å²) in [5, 5.41) is 9.98. The van der Waals surface area contributed by atoms with Gasteiger partial charge >= 0.3 is 10.1 Å². The van der Waals surface area contributed by atoms with Crippen LogP contribution < -0.4 is 4.18 Å². The third kappa shape index (κ3) is 4.77. The minimum atomic E-state index is -4.17. The molecule has 6 nitrogen and oxygen atoms in total. The molecule has 0 bridgehead atoms. The van der Waals surface area contributed by atoms with E-state index in [1.165, 1.54) is 18.2 Å². The normalized spacial score (nSPS) is 14.7. The quantitative estimate of drug-likeness (QED) is 0.636. The number of rotatable bonds is 8. The summed E-state index contributed by atoms with van der Waals surface area (Å²) in [6.07, 6.45) is 2.39. The number of hydrogen-bond acceptors (Lipinski definition) is 5. The molecule has 1 aromatic carbocycles. The molecular weight excluding hydrogens is 411 g/mol. The monoisotopic (exact) mass is 432 g/mol. The van der Waals surface area contributed by atoms with E-state index in [0.717, 1.165) is 12.8 Å². The molecule has 0 spiro atoms. The molecule has 1 aliphatic carbocycles. The first kappa shape index (κ1) is 20.5. The highest BCUT2D eigenvalue weighted by Crippen LogP contribution is 2.35. The van der Waals surface area contributed by atoms with E-state index in [0.29, 0.717) is 24.0 Å². The first-order valence-electron chi connectivity index (χ1n) is 8.82. The van der Waals surface area contributed by atoms with Crippen LogP contribution in [0, 0.1) is 5.92 Å². The topological polar surface area (TPSA) is 81.4 Å². The molecule has 1 saturated carbocycles. The highest BCUT2D eigenvalue weighted by atomic mass is 35.5. The number of aromatic nitrogens is 2. The van der Waals surface area contributed by atoms with Gasteiger partial charge in [-0.15, -0.1) is 0 Å². The molecule has 1 aliphatic rings. The summed E-state index contributed by atoms with van der Waals surface area (Å²) >= 11 is 11.9. The summed E-state index contributed by atoms with van der Waals surface area (Å²) in [6.45, 7) is 4.19. The summed E-state index contributed by atoms with van der Waals surface area (Å²) in [4.78, 5) is 4.51. The number of nitrogens with zero attached hydrogens (tertiary/aromatic N) is 2. The Morgan fingerprint density at radius 3 is 2.41 bits per heavy atom. The standard InChI is InChI=1S/C18H22Cl2N2O4S/c1-11(2)17-18(22(10-12-3-4-12)16(21-17)5-6-23)27(24,25)26-15-8-13(19)7-14(20)9-15/h7-9,11-12,23H,3-6,10H2,1-2H3. The Bertz CT molecular complexity index is 917. The van der Waals surface area contributed by atoms with Crippen molar-refractivity contribution in [3.63, 3.8) is 0 Å². The van der Waals surface area contributed by atoms with Crippen LogP contribution in [0.25, 0.3) is 0 Å². The Morgan fingerprint density at radius 1 is 1.26 bits per heavy atom. The predicted octanol–water partition coefficient (Wildman–Crippen LogP) is 4.03. The number of aliphatic hydroxyl groups excluding tert-OH is 1. The number of hydrogen-bond donors (Lipinski definition) is 1. The SMILES string of the molecule is CC(C)c1nc(CCO)n(CC2CC2)c1S(=O)(=O)Oc1cc(Cl)cc(Cl)c1. The van der Waals surface area contributed by atoms with Gasteiger partial charge in [0.15, 0.2) is 5.03 Å². The first-order chi connectivity index (χ1) is 12.7. The molecule has 1 aromatic heterocycles. The van der Waals surface area contributed by atoms with Gasteiger partial charge in [0.2, 0.25) is 0 Å². The molecule has 1 heterocycles. The van der Waals surface area contributed by atoms with E-state index < -0.39 is 10.1 Å². The van der Waals surface area contributed by atoms with E-state index in [1.54, 1.807) is 4.57 Å². The van der Waals surface area contributed by atoms with Crippen LogP contribution in [0.1, 0.15) is 44.1 Å². The molecule has 0 saturated heterocycles. The Kier molecular flexibility index (Phi) is 6.05. The van der Waals surface area contributed by atoms with Crippen LogP contribution in [-0.2, 0) is 23.1 Å². The lowest BCUT2D eigenvalue weighted by Gasteiger charge is -2.14. The Hall–Kier alpha value is -1.28. The van der Waals surface area contributed by atoms with Crippen molar-refractivity contribution in [2.24, 2.45) is 5.92 Å². The number of imidazole rings is 1. The maximum atomic E-state index is 13.2. The molecule has 0 atom stereocenters. The lowest BCUT2D eigenvalue weighted by molar-refractivity contribution is 0.293. The van der Waals surface area contributed by atoms with Crippen molar-refractivity contribution >= 4 is 33.3 Å². The van der Waals surface area contributed by atoms with E-state index in [1.807, 2.05) is 13.8 Å². The van der Waals surface area contributed by atoms with E-state index in [-0.39, 0.29) is 39.8 Å². The average Bonchev–Trinajstić information content (AvgIpc) is 3.27. The van der Waals surface area contributed by atoms with Gasteiger partial charge in [-0.2, -0.15) is 8.42 Å². The predicted molar refractivity (Wildman–Crippen MR) is 104 cm³/mol. The van der Waals surface area contributed by atoms with E-state index in [2.05, 4.69) is 4.98 Å². The summed E-state index contributed by atoms with van der Waals surface area (Å²) in [7, 11) is -4.17. The zero-order valence-corrected chi connectivity index (χ0v) is 17.5. The summed E-state index contributed by atoms with van der Waals surface area (Å²) < 4.78 is 33.4. The summed E-state index contributed by atoms with van der Waals surface area (Å²) in [5.74, 6) is 0.898. The van der Waals surface area contributed by atoms with Crippen LogP contribution in [0.3, 0.4) is 0 Å². The minimum Gasteiger partial charge on any atom is -0.396 e. The number of halogens is 2. The second-order valence-electron chi connectivity index (χ2n) is 7.04. The molecule has 9 heteroatoms. The van der Waals surface area contributed by atoms with Crippen molar-refractivity contribution in [2.45, 2.75) is 50.6 Å². The van der Waals surface area contributed by atoms with Crippen molar-refractivity contribution in [2.75, 3.05) is 6.61 Å². The molecule has 2 aromatic rings. The van der Waals surface area contributed by atoms with Gasteiger partial charge < -0.3 is 13.9 Å². The second kappa shape index (κ2) is 7.99. The van der Waals surface area contributed by atoms with Crippen LogP contribution in [0.2, 0.25) is 10.0 Å². The third-order valence-corrected chi connectivity index (χ3v) is 6.08. The maximum absolute atomic E-state index is 13.2. The van der Waals surface area contributed by atoms with Gasteiger partial charge in [0.1, 0.15) is 11.6 Å². The molecule has 148 valence electrons. The molecule has 3 rings (SSSR count). The Morgan fingerprint density at radius 2 is 1.89 bits per heavy atom. The summed E-state index contributed by atoms with van der Waals surface area (Å²) in [5.41, 5.74) is 0.437. The van der Waals surface area contributed by atoms with Gasteiger partial charge in [-0.1, -0.05) is 37.0 Å². The molecule has 1 fully saturated rings. The van der Waals surface area contributed by atoms with Gasteiger partial charge in [0.25, 0.3) is 0 Å². The van der Waals surface area contributed by atoms with Crippen molar-refractivity contribution < 1.29 is 17.7 Å². The molecular formula is C18H22Cl2N2O4S. The lowest BCUT2D eigenvalue weighted by atomic mass is 10.1. The zero-order chi connectivity index (χ0) is 19.8. The average molecular weight is 433 g/mol. The molecule has 0 amide bonds. The molecule has 0 radical (unpaired) electrons. The van der Waals surface area contributed by atoms with Crippen molar-refractivity contribution in [3.8, 4) is 5.75 Å². The van der Waals surface area contributed by atoms with E-state index in [4.69, 9.17) is 27.4 Å². The van der Waals surface area contributed by atoms with Crippen molar-refractivity contribution in [1.82, 2.24) is 9.55 Å². The van der Waals surface area contributed by atoms with Crippen LogP contribution in [0.15, 0.2) is 23.2 Å².